The zero-order valence-electron chi connectivity index (χ0n) is 13.2. The van der Waals surface area contributed by atoms with Crippen LogP contribution in [0.2, 0.25) is 0 Å². The molecule has 0 spiro atoms. The minimum Gasteiger partial charge on any atom is -0.394 e. The second-order valence-electron chi connectivity index (χ2n) is 5.38. The summed E-state index contributed by atoms with van der Waals surface area (Å²) in [6.07, 6.45) is -6.17. The highest BCUT2D eigenvalue weighted by atomic mass is 32.1. The SMILES string of the molecule is O=C(NCc1cn(C2CC(OCS)C(CO)O2)c(=O)[nH]c1=O)C(F)(F)F. The number of aromatic amines is 1. The standard InChI is InChI=1S/C13H16F3N3O6S/c14-13(15,16)11(22)17-2-6-3-19(12(23)18-10(6)21)9-1-7(24-5-26)8(4-20)25-9/h3,7-9,20,26H,1-2,4-5H2,(H,17,22)(H,18,21,23). The van der Waals surface area contributed by atoms with E-state index in [1.54, 1.807) is 5.32 Å². The number of alkyl halides is 3. The number of aromatic nitrogens is 2. The highest BCUT2D eigenvalue weighted by Crippen LogP contribution is 2.29. The number of carbonyl (C=O) groups excluding carboxylic acids is 1. The van der Waals surface area contributed by atoms with Crippen LogP contribution in [-0.2, 0) is 20.8 Å². The number of ether oxygens (including phenoxy) is 2. The molecule has 13 heteroatoms. The number of rotatable bonds is 6. The highest BCUT2D eigenvalue weighted by Gasteiger charge is 2.39. The summed E-state index contributed by atoms with van der Waals surface area (Å²) >= 11 is 3.90. The van der Waals surface area contributed by atoms with Crippen LogP contribution < -0.4 is 16.6 Å². The number of thiol groups is 1. The Kier molecular flexibility index (Phi) is 6.49. The molecular weight excluding hydrogens is 383 g/mol. The number of nitrogens with zero attached hydrogens (tertiary/aromatic N) is 1. The number of aliphatic hydroxyl groups is 1. The summed E-state index contributed by atoms with van der Waals surface area (Å²) in [6.45, 7) is -1.12. The van der Waals surface area contributed by atoms with E-state index in [2.05, 4.69) is 12.6 Å². The van der Waals surface area contributed by atoms with Gasteiger partial charge in [-0.3, -0.25) is 19.1 Å². The molecule has 9 nitrogen and oxygen atoms in total. The van der Waals surface area contributed by atoms with Crippen LogP contribution in [0, 0.1) is 0 Å². The van der Waals surface area contributed by atoms with Gasteiger partial charge in [-0.1, -0.05) is 0 Å². The number of amides is 1. The lowest BCUT2D eigenvalue weighted by atomic mass is 10.2. The van der Waals surface area contributed by atoms with E-state index < -0.39 is 48.3 Å². The van der Waals surface area contributed by atoms with Crippen molar-refractivity contribution >= 4 is 18.5 Å². The first kappa shape index (κ1) is 20.5. The Labute approximate surface area is 149 Å². The smallest absolute Gasteiger partial charge is 0.394 e. The van der Waals surface area contributed by atoms with E-state index in [0.717, 1.165) is 10.8 Å². The Morgan fingerprint density at radius 1 is 1.50 bits per heavy atom. The van der Waals surface area contributed by atoms with Gasteiger partial charge in [0.05, 0.1) is 24.2 Å². The summed E-state index contributed by atoms with van der Waals surface area (Å²) in [5.74, 6) is -2.17. The molecule has 2 rings (SSSR count). The van der Waals surface area contributed by atoms with Gasteiger partial charge in [-0.05, 0) is 0 Å². The summed E-state index contributed by atoms with van der Waals surface area (Å²) < 4.78 is 48.4. The molecule has 146 valence electrons. The largest absolute Gasteiger partial charge is 0.471 e. The van der Waals surface area contributed by atoms with Crippen LogP contribution in [0.4, 0.5) is 13.2 Å². The zero-order chi connectivity index (χ0) is 19.5. The van der Waals surface area contributed by atoms with Gasteiger partial charge in [-0.15, -0.1) is 0 Å². The molecule has 0 saturated carbocycles. The first-order valence-corrected chi connectivity index (χ1v) is 7.98. The molecule has 1 saturated heterocycles. The third kappa shape index (κ3) is 4.66. The van der Waals surface area contributed by atoms with Gasteiger partial charge in [-0.25, -0.2) is 4.79 Å². The molecule has 3 unspecified atom stereocenters. The van der Waals surface area contributed by atoms with Crippen molar-refractivity contribution in [3.05, 3.63) is 32.6 Å². The van der Waals surface area contributed by atoms with E-state index in [-0.39, 0.29) is 24.5 Å². The maximum absolute atomic E-state index is 12.2. The quantitative estimate of drug-likeness (QED) is 0.370. The number of H-pyrrole nitrogens is 1. The van der Waals surface area contributed by atoms with E-state index in [1.165, 1.54) is 0 Å². The molecule has 0 bridgehead atoms. The Bertz CT molecular complexity index is 765. The third-order valence-corrected chi connectivity index (χ3v) is 3.85. The molecule has 3 atom stereocenters. The maximum atomic E-state index is 12.2. The average molecular weight is 399 g/mol. The van der Waals surface area contributed by atoms with Crippen LogP contribution in [-0.4, -0.2) is 51.5 Å². The molecular formula is C13H16F3N3O6S. The van der Waals surface area contributed by atoms with Crippen LogP contribution in [0.1, 0.15) is 18.2 Å². The fourth-order valence-corrected chi connectivity index (χ4v) is 2.64. The molecule has 0 aliphatic carbocycles. The number of carbonyl (C=O) groups is 1. The van der Waals surface area contributed by atoms with Crippen LogP contribution in [0.5, 0.6) is 0 Å². The second kappa shape index (κ2) is 8.24. The van der Waals surface area contributed by atoms with Crippen molar-refractivity contribution in [3.8, 4) is 0 Å². The summed E-state index contributed by atoms with van der Waals surface area (Å²) in [5, 5.41) is 10.8. The fourth-order valence-electron chi connectivity index (χ4n) is 2.45. The molecule has 2 heterocycles. The van der Waals surface area contributed by atoms with Crippen molar-refractivity contribution in [3.63, 3.8) is 0 Å². The van der Waals surface area contributed by atoms with Gasteiger partial charge in [0, 0.05) is 19.2 Å². The van der Waals surface area contributed by atoms with Crippen LogP contribution >= 0.6 is 12.6 Å². The van der Waals surface area contributed by atoms with Gasteiger partial charge in [-0.2, -0.15) is 25.8 Å². The normalized spacial score (nSPS) is 23.2. The zero-order valence-corrected chi connectivity index (χ0v) is 14.0. The third-order valence-electron chi connectivity index (χ3n) is 3.70. The molecule has 1 amide bonds. The molecule has 1 aromatic rings. The predicted molar refractivity (Wildman–Crippen MR) is 83.6 cm³/mol. The Morgan fingerprint density at radius 3 is 2.77 bits per heavy atom. The topological polar surface area (TPSA) is 123 Å². The van der Waals surface area contributed by atoms with E-state index in [1.807, 2.05) is 4.98 Å². The molecule has 1 aliphatic heterocycles. The van der Waals surface area contributed by atoms with Crippen molar-refractivity contribution < 1.29 is 32.5 Å². The fraction of sp³-hybridized carbons (Fsp3) is 0.615. The summed E-state index contributed by atoms with van der Waals surface area (Å²) in [4.78, 5) is 36.5. The summed E-state index contributed by atoms with van der Waals surface area (Å²) in [5.41, 5.74) is -2.06. The second-order valence-corrected chi connectivity index (χ2v) is 5.64. The lowest BCUT2D eigenvalue weighted by Crippen LogP contribution is -2.40. The first-order valence-electron chi connectivity index (χ1n) is 7.35. The van der Waals surface area contributed by atoms with Gasteiger partial charge in [0.25, 0.3) is 5.56 Å². The van der Waals surface area contributed by atoms with E-state index in [4.69, 9.17) is 9.47 Å². The average Bonchev–Trinajstić information content (AvgIpc) is 2.96. The highest BCUT2D eigenvalue weighted by molar-refractivity contribution is 7.80. The molecule has 1 aromatic heterocycles. The van der Waals surface area contributed by atoms with Crippen LogP contribution in [0.15, 0.2) is 15.8 Å². The van der Waals surface area contributed by atoms with Crippen molar-refractivity contribution in [2.45, 2.75) is 37.6 Å². The number of halogens is 3. The van der Waals surface area contributed by atoms with E-state index in [0.29, 0.717) is 0 Å². The molecule has 0 radical (unpaired) electrons. The van der Waals surface area contributed by atoms with Gasteiger partial charge in [0.1, 0.15) is 12.3 Å². The number of hydrogen-bond donors (Lipinski definition) is 4. The van der Waals surface area contributed by atoms with Crippen molar-refractivity contribution in [2.75, 3.05) is 12.5 Å². The lowest BCUT2D eigenvalue weighted by Gasteiger charge is -2.16. The first-order chi connectivity index (χ1) is 12.2. The molecule has 1 aliphatic rings. The van der Waals surface area contributed by atoms with Gasteiger partial charge in [0.2, 0.25) is 0 Å². The number of hydrogen-bond acceptors (Lipinski definition) is 7. The molecule has 0 aromatic carbocycles. The van der Waals surface area contributed by atoms with Gasteiger partial charge in [0.15, 0.2) is 0 Å². The minimum absolute atomic E-state index is 0.0481. The van der Waals surface area contributed by atoms with Crippen molar-refractivity contribution in [2.24, 2.45) is 0 Å². The molecule has 1 fully saturated rings. The van der Waals surface area contributed by atoms with Gasteiger partial charge >= 0.3 is 17.8 Å². The van der Waals surface area contributed by atoms with Crippen molar-refractivity contribution in [1.29, 1.82) is 0 Å². The summed E-state index contributed by atoms with van der Waals surface area (Å²) in [7, 11) is 0. The van der Waals surface area contributed by atoms with Crippen LogP contribution in [0.3, 0.4) is 0 Å². The van der Waals surface area contributed by atoms with E-state index >= 15 is 0 Å². The summed E-state index contributed by atoms with van der Waals surface area (Å²) in [6, 6.07) is 0. The lowest BCUT2D eigenvalue weighted by molar-refractivity contribution is -0.173. The Hall–Kier alpha value is -1.83. The van der Waals surface area contributed by atoms with Gasteiger partial charge < -0.3 is 19.9 Å². The minimum atomic E-state index is -5.10. The number of nitrogens with one attached hydrogen (secondary N) is 2. The van der Waals surface area contributed by atoms with E-state index in [9.17, 15) is 32.7 Å². The van der Waals surface area contributed by atoms with Crippen LogP contribution in [0.25, 0.3) is 0 Å². The monoisotopic (exact) mass is 399 g/mol. The maximum Gasteiger partial charge on any atom is 0.471 e. The molecule has 3 N–H and O–H groups in total. The Balaban J connectivity index is 2.21. The predicted octanol–water partition coefficient (Wildman–Crippen LogP) is -0.733. The number of aliphatic hydroxyl groups excluding tert-OH is 1. The Morgan fingerprint density at radius 2 is 2.19 bits per heavy atom. The molecule has 26 heavy (non-hydrogen) atoms. The van der Waals surface area contributed by atoms with Crippen molar-refractivity contribution in [1.82, 2.24) is 14.9 Å².